The van der Waals surface area contributed by atoms with E-state index < -0.39 is 0 Å². The van der Waals surface area contributed by atoms with Crippen LogP contribution in [-0.2, 0) is 13.0 Å². The van der Waals surface area contributed by atoms with E-state index in [2.05, 4.69) is 34.7 Å². The standard InChI is InChI=1S/C18H25N3O2S/c1-5-14-8-9-15(24-14)12-20-18(19-3)21-13-7-10-16(22-4)17(11-13)23-6-2/h7-11H,5-6,12H2,1-4H3,(H2,19,20,21). The van der Waals surface area contributed by atoms with Gasteiger partial charge in [-0.05, 0) is 37.6 Å². The van der Waals surface area contributed by atoms with Gasteiger partial charge < -0.3 is 20.1 Å². The third-order valence-corrected chi connectivity index (χ3v) is 4.68. The van der Waals surface area contributed by atoms with Gasteiger partial charge in [0.05, 0.1) is 20.3 Å². The number of hydrogen-bond acceptors (Lipinski definition) is 4. The lowest BCUT2D eigenvalue weighted by molar-refractivity contribution is 0.311. The van der Waals surface area contributed by atoms with E-state index in [1.54, 1.807) is 14.2 Å². The summed E-state index contributed by atoms with van der Waals surface area (Å²) in [5.41, 5.74) is 0.896. The number of anilines is 1. The van der Waals surface area contributed by atoms with Crippen LogP contribution in [0, 0.1) is 0 Å². The number of nitrogens with zero attached hydrogens (tertiary/aromatic N) is 1. The molecule has 2 rings (SSSR count). The Balaban J connectivity index is 2.00. The monoisotopic (exact) mass is 347 g/mol. The highest BCUT2D eigenvalue weighted by Crippen LogP contribution is 2.30. The van der Waals surface area contributed by atoms with Gasteiger partial charge in [0.15, 0.2) is 17.5 Å². The highest BCUT2D eigenvalue weighted by atomic mass is 32.1. The Hall–Kier alpha value is -2.21. The maximum absolute atomic E-state index is 5.60. The number of ether oxygens (including phenoxy) is 2. The number of thiophene rings is 1. The first-order valence-electron chi connectivity index (χ1n) is 8.06. The molecule has 0 atom stereocenters. The van der Waals surface area contributed by atoms with E-state index in [0.29, 0.717) is 18.3 Å². The first-order chi connectivity index (χ1) is 11.7. The van der Waals surface area contributed by atoms with Gasteiger partial charge in [-0.15, -0.1) is 11.3 Å². The van der Waals surface area contributed by atoms with Crippen molar-refractivity contribution in [3.63, 3.8) is 0 Å². The molecule has 0 saturated carbocycles. The quantitative estimate of drug-likeness (QED) is 0.589. The third kappa shape index (κ3) is 4.89. The number of hydrogen-bond donors (Lipinski definition) is 2. The van der Waals surface area contributed by atoms with Crippen LogP contribution in [0.15, 0.2) is 35.3 Å². The summed E-state index contributed by atoms with van der Waals surface area (Å²) >= 11 is 1.82. The van der Waals surface area contributed by atoms with Gasteiger partial charge in [-0.1, -0.05) is 6.92 Å². The van der Waals surface area contributed by atoms with Crippen molar-refractivity contribution >= 4 is 23.0 Å². The van der Waals surface area contributed by atoms with E-state index in [1.165, 1.54) is 9.75 Å². The predicted octanol–water partition coefficient (Wildman–Crippen LogP) is 3.91. The summed E-state index contributed by atoms with van der Waals surface area (Å²) in [5.74, 6) is 2.15. The van der Waals surface area contributed by atoms with E-state index in [-0.39, 0.29) is 0 Å². The van der Waals surface area contributed by atoms with E-state index in [0.717, 1.165) is 24.4 Å². The zero-order valence-corrected chi connectivity index (χ0v) is 15.5. The average molecular weight is 347 g/mol. The fourth-order valence-corrected chi connectivity index (χ4v) is 3.11. The van der Waals surface area contributed by atoms with Crippen LogP contribution in [0.1, 0.15) is 23.6 Å². The Kier molecular flexibility index (Phi) is 6.93. The molecule has 1 aromatic carbocycles. The van der Waals surface area contributed by atoms with Crippen LogP contribution >= 0.6 is 11.3 Å². The molecule has 0 aliphatic heterocycles. The van der Waals surface area contributed by atoms with Gasteiger partial charge >= 0.3 is 0 Å². The van der Waals surface area contributed by atoms with Gasteiger partial charge in [-0.2, -0.15) is 0 Å². The van der Waals surface area contributed by atoms with Crippen molar-refractivity contribution in [1.82, 2.24) is 5.32 Å². The molecule has 0 unspecified atom stereocenters. The van der Waals surface area contributed by atoms with E-state index in [1.807, 2.05) is 36.5 Å². The molecule has 0 aliphatic rings. The van der Waals surface area contributed by atoms with Crippen molar-refractivity contribution in [3.8, 4) is 11.5 Å². The van der Waals surface area contributed by atoms with E-state index in [9.17, 15) is 0 Å². The summed E-state index contributed by atoms with van der Waals surface area (Å²) in [7, 11) is 3.39. The maximum Gasteiger partial charge on any atom is 0.195 e. The van der Waals surface area contributed by atoms with Crippen LogP contribution < -0.4 is 20.1 Å². The van der Waals surface area contributed by atoms with Crippen molar-refractivity contribution in [3.05, 3.63) is 40.1 Å². The zero-order valence-electron chi connectivity index (χ0n) is 14.7. The number of benzene rings is 1. The van der Waals surface area contributed by atoms with E-state index in [4.69, 9.17) is 9.47 Å². The Morgan fingerprint density at radius 2 is 1.92 bits per heavy atom. The predicted molar refractivity (Wildman–Crippen MR) is 102 cm³/mol. The largest absolute Gasteiger partial charge is 0.493 e. The smallest absolute Gasteiger partial charge is 0.195 e. The second kappa shape index (κ2) is 9.17. The number of aliphatic imine (C=N–C) groups is 1. The van der Waals surface area contributed by atoms with Gasteiger partial charge in [0, 0.05) is 28.6 Å². The fraction of sp³-hybridized carbons (Fsp3) is 0.389. The molecule has 24 heavy (non-hydrogen) atoms. The van der Waals surface area contributed by atoms with Crippen molar-refractivity contribution in [2.75, 3.05) is 26.1 Å². The topological polar surface area (TPSA) is 54.9 Å². The van der Waals surface area contributed by atoms with Gasteiger partial charge in [-0.25, -0.2) is 0 Å². The van der Waals surface area contributed by atoms with E-state index >= 15 is 0 Å². The molecule has 0 saturated heterocycles. The molecule has 5 nitrogen and oxygen atoms in total. The van der Waals surface area contributed by atoms with Crippen molar-refractivity contribution < 1.29 is 9.47 Å². The highest BCUT2D eigenvalue weighted by molar-refractivity contribution is 7.11. The molecule has 0 bridgehead atoms. The van der Waals surface area contributed by atoms with Crippen molar-refractivity contribution in [1.29, 1.82) is 0 Å². The molecule has 0 amide bonds. The highest BCUT2D eigenvalue weighted by Gasteiger charge is 2.07. The number of rotatable bonds is 7. The molecule has 0 spiro atoms. The van der Waals surface area contributed by atoms with Crippen LogP contribution in [0.3, 0.4) is 0 Å². The summed E-state index contributed by atoms with van der Waals surface area (Å²) in [4.78, 5) is 6.96. The second-order valence-corrected chi connectivity index (χ2v) is 6.32. The first kappa shape index (κ1) is 18.1. The Morgan fingerprint density at radius 1 is 1.12 bits per heavy atom. The molecule has 0 radical (unpaired) electrons. The molecule has 130 valence electrons. The lowest BCUT2D eigenvalue weighted by Crippen LogP contribution is -2.29. The molecule has 6 heteroatoms. The Labute approximate surface area is 147 Å². The second-order valence-electron chi connectivity index (χ2n) is 5.07. The lowest BCUT2D eigenvalue weighted by Gasteiger charge is -2.14. The van der Waals surface area contributed by atoms with Crippen LogP contribution in [0.5, 0.6) is 11.5 Å². The van der Waals surface area contributed by atoms with Gasteiger partial charge in [0.1, 0.15) is 0 Å². The van der Waals surface area contributed by atoms with Crippen LogP contribution in [-0.4, -0.2) is 26.7 Å². The normalized spacial score (nSPS) is 11.2. The van der Waals surface area contributed by atoms with Gasteiger partial charge in [-0.3, -0.25) is 4.99 Å². The molecular formula is C18H25N3O2S. The fourth-order valence-electron chi connectivity index (χ4n) is 2.22. The van der Waals surface area contributed by atoms with Crippen LogP contribution in [0.25, 0.3) is 0 Å². The molecule has 0 fully saturated rings. The molecular weight excluding hydrogens is 322 g/mol. The number of aryl methyl sites for hydroxylation is 1. The number of guanidine groups is 1. The Bertz CT molecular complexity index is 683. The third-order valence-electron chi connectivity index (χ3n) is 3.45. The number of nitrogens with one attached hydrogen (secondary N) is 2. The molecule has 1 aromatic heterocycles. The summed E-state index contributed by atoms with van der Waals surface area (Å²) in [5, 5.41) is 6.61. The van der Waals surface area contributed by atoms with Gasteiger partial charge in [0.2, 0.25) is 0 Å². The van der Waals surface area contributed by atoms with Crippen molar-refractivity contribution in [2.24, 2.45) is 4.99 Å². The SMILES string of the molecule is CCOc1cc(NC(=NC)NCc2ccc(CC)s2)ccc1OC. The minimum atomic E-state index is 0.588. The molecule has 2 aromatic rings. The maximum atomic E-state index is 5.60. The van der Waals surface area contributed by atoms with Crippen LogP contribution in [0.4, 0.5) is 5.69 Å². The minimum absolute atomic E-state index is 0.588. The number of methoxy groups -OCH3 is 1. The molecule has 1 heterocycles. The first-order valence-corrected chi connectivity index (χ1v) is 8.87. The summed E-state index contributed by atoms with van der Waals surface area (Å²) < 4.78 is 10.9. The minimum Gasteiger partial charge on any atom is -0.493 e. The molecule has 2 N–H and O–H groups in total. The van der Waals surface area contributed by atoms with Crippen molar-refractivity contribution in [2.45, 2.75) is 26.8 Å². The zero-order chi connectivity index (χ0) is 17.4. The summed E-state index contributed by atoms with van der Waals surface area (Å²) in [6, 6.07) is 10.1. The summed E-state index contributed by atoms with van der Waals surface area (Å²) in [6.45, 7) is 5.46. The Morgan fingerprint density at radius 3 is 2.54 bits per heavy atom. The average Bonchev–Trinajstić information content (AvgIpc) is 3.07. The van der Waals surface area contributed by atoms with Gasteiger partial charge in [0.25, 0.3) is 0 Å². The lowest BCUT2D eigenvalue weighted by atomic mass is 10.2. The van der Waals surface area contributed by atoms with Crippen LogP contribution in [0.2, 0.25) is 0 Å². The summed E-state index contributed by atoms with van der Waals surface area (Å²) in [6.07, 6.45) is 1.07. The molecule has 0 aliphatic carbocycles.